The monoisotopic (exact) mass is 285 g/mol. The van der Waals surface area contributed by atoms with Crippen molar-refractivity contribution in [2.75, 3.05) is 6.61 Å². The van der Waals surface area contributed by atoms with Crippen molar-refractivity contribution >= 4 is 27.4 Å². The molecule has 0 aliphatic carbocycles. The minimum Gasteiger partial charge on any atom is -0.486 e. The van der Waals surface area contributed by atoms with Crippen LogP contribution in [-0.4, -0.2) is 17.3 Å². The van der Waals surface area contributed by atoms with E-state index in [4.69, 9.17) is 4.74 Å². The summed E-state index contributed by atoms with van der Waals surface area (Å²) >= 11 is 3.15. The highest BCUT2D eigenvalue weighted by Gasteiger charge is 2.26. The average Bonchev–Trinajstić information content (AvgIpc) is 2.40. The summed E-state index contributed by atoms with van der Waals surface area (Å²) in [6, 6.07) is 2.91. The molecule has 0 radical (unpaired) electrons. The molecule has 0 N–H and O–H groups in total. The topological polar surface area (TPSA) is 69.4 Å². The predicted octanol–water partition coefficient (Wildman–Crippen LogP) is 2.71. The molecule has 16 heavy (non-hydrogen) atoms. The number of halogens is 1. The number of carbonyl (C=O) groups is 1. The van der Waals surface area contributed by atoms with Crippen molar-refractivity contribution in [2.24, 2.45) is 0 Å². The zero-order valence-electron chi connectivity index (χ0n) is 8.23. The normalized spacial score (nSPS) is 14.9. The summed E-state index contributed by atoms with van der Waals surface area (Å²) in [5, 5.41) is 10.8. The maximum atomic E-state index is 11.7. The molecule has 0 saturated carbocycles. The highest BCUT2D eigenvalue weighted by molar-refractivity contribution is 9.10. The van der Waals surface area contributed by atoms with Gasteiger partial charge in [0.25, 0.3) is 0 Å². The second kappa shape index (κ2) is 4.21. The zero-order valence-corrected chi connectivity index (χ0v) is 9.82. The number of carbonyl (C=O) groups excluding carboxylic acids is 1. The summed E-state index contributed by atoms with van der Waals surface area (Å²) in [5.74, 6) is -0.0207. The number of benzene rings is 1. The molecule has 1 aliphatic rings. The molecule has 1 aromatic carbocycles. The molecule has 5 nitrogen and oxygen atoms in total. The third-order valence-electron chi connectivity index (χ3n) is 2.33. The molecule has 0 unspecified atom stereocenters. The van der Waals surface area contributed by atoms with Gasteiger partial charge in [-0.25, -0.2) is 0 Å². The Morgan fingerprint density at radius 3 is 2.88 bits per heavy atom. The lowest BCUT2D eigenvalue weighted by Gasteiger charge is -2.07. The van der Waals surface area contributed by atoms with Gasteiger partial charge in [0.05, 0.1) is 17.1 Å². The Labute approximate surface area is 99.7 Å². The Bertz CT molecular complexity index is 472. The van der Waals surface area contributed by atoms with Crippen molar-refractivity contribution < 1.29 is 14.5 Å². The first kappa shape index (κ1) is 11.1. The van der Waals surface area contributed by atoms with E-state index < -0.39 is 4.92 Å². The fourth-order valence-electron chi connectivity index (χ4n) is 1.62. The zero-order chi connectivity index (χ0) is 11.7. The van der Waals surface area contributed by atoms with Crippen LogP contribution in [0.5, 0.6) is 5.75 Å². The van der Waals surface area contributed by atoms with Crippen LogP contribution in [0.2, 0.25) is 0 Å². The van der Waals surface area contributed by atoms with Crippen LogP contribution in [0.3, 0.4) is 0 Å². The van der Waals surface area contributed by atoms with E-state index in [-0.39, 0.29) is 17.2 Å². The molecule has 0 fully saturated rings. The summed E-state index contributed by atoms with van der Waals surface area (Å²) in [6.45, 7) is 0.335. The molecule has 0 atom stereocenters. The molecule has 0 spiro atoms. The van der Waals surface area contributed by atoms with Crippen LogP contribution in [0.25, 0.3) is 0 Å². The number of ketones is 1. The van der Waals surface area contributed by atoms with Gasteiger partial charge >= 0.3 is 5.69 Å². The van der Waals surface area contributed by atoms with Crippen LogP contribution in [0.1, 0.15) is 23.2 Å². The summed E-state index contributed by atoms with van der Waals surface area (Å²) in [6.07, 6.45) is 0.947. The van der Waals surface area contributed by atoms with E-state index in [2.05, 4.69) is 15.9 Å². The van der Waals surface area contributed by atoms with Crippen molar-refractivity contribution in [3.63, 3.8) is 0 Å². The van der Waals surface area contributed by atoms with Gasteiger partial charge in [-0.2, -0.15) is 0 Å². The molecule has 84 valence electrons. The van der Waals surface area contributed by atoms with Crippen LogP contribution in [-0.2, 0) is 0 Å². The molecular weight excluding hydrogens is 278 g/mol. The second-order valence-corrected chi connectivity index (χ2v) is 4.35. The van der Waals surface area contributed by atoms with E-state index in [1.807, 2.05) is 0 Å². The van der Waals surface area contributed by atoms with Gasteiger partial charge in [-0.15, -0.1) is 0 Å². The van der Waals surface area contributed by atoms with Crippen LogP contribution in [0, 0.1) is 10.1 Å². The number of fused-ring (bicyclic) bond motifs is 1. The molecule has 0 amide bonds. The minimum absolute atomic E-state index is 0.0932. The van der Waals surface area contributed by atoms with Gasteiger partial charge in [-0.3, -0.25) is 14.9 Å². The minimum atomic E-state index is -0.539. The summed E-state index contributed by atoms with van der Waals surface area (Å²) < 4.78 is 5.79. The lowest BCUT2D eigenvalue weighted by molar-refractivity contribution is -0.385. The molecule has 6 heteroatoms. The molecule has 1 aliphatic heterocycles. The lowest BCUT2D eigenvalue weighted by Crippen LogP contribution is -2.01. The van der Waals surface area contributed by atoms with Crippen LogP contribution >= 0.6 is 15.9 Å². The number of ether oxygens (including phenoxy) is 1. The Balaban J connectivity index is 2.65. The quantitative estimate of drug-likeness (QED) is 0.588. The van der Waals surface area contributed by atoms with E-state index in [0.29, 0.717) is 29.5 Å². The number of rotatable bonds is 1. The van der Waals surface area contributed by atoms with Gasteiger partial charge in [-0.05, 0) is 12.5 Å². The number of nitro groups is 1. The van der Waals surface area contributed by atoms with Gasteiger partial charge in [0.15, 0.2) is 5.78 Å². The Morgan fingerprint density at radius 1 is 1.44 bits per heavy atom. The third-order valence-corrected chi connectivity index (χ3v) is 2.78. The summed E-state index contributed by atoms with van der Waals surface area (Å²) in [5.41, 5.74) is 0.123. The van der Waals surface area contributed by atoms with Crippen molar-refractivity contribution in [2.45, 2.75) is 12.8 Å². The smallest absolute Gasteiger partial charge is 0.312 e. The van der Waals surface area contributed by atoms with E-state index in [1.165, 1.54) is 6.07 Å². The second-order valence-electron chi connectivity index (χ2n) is 3.43. The largest absolute Gasteiger partial charge is 0.486 e. The number of hydrogen-bond acceptors (Lipinski definition) is 4. The standard InChI is InChI=1S/C10H8BrNO4/c11-6-4-7-9(13)2-1-3-16-10(7)8(5-6)12(14)15/h4-5H,1-3H2. The number of Topliss-reactive ketones (excluding diaryl/α,β-unsaturated/α-hetero) is 1. The molecular formula is C10H8BrNO4. The maximum absolute atomic E-state index is 11.7. The van der Waals surface area contributed by atoms with Crippen molar-refractivity contribution in [3.05, 3.63) is 32.3 Å². The van der Waals surface area contributed by atoms with Crippen LogP contribution in [0.15, 0.2) is 16.6 Å². The highest BCUT2D eigenvalue weighted by Crippen LogP contribution is 2.36. The SMILES string of the molecule is O=C1CCCOc2c1cc(Br)cc2[N+](=O)[O-]. The van der Waals surface area contributed by atoms with Gasteiger partial charge < -0.3 is 4.74 Å². The summed E-state index contributed by atoms with van der Waals surface area (Å²) in [7, 11) is 0. The van der Waals surface area contributed by atoms with Gasteiger partial charge in [0.2, 0.25) is 5.75 Å². The highest BCUT2D eigenvalue weighted by atomic mass is 79.9. The average molecular weight is 286 g/mol. The maximum Gasteiger partial charge on any atom is 0.312 e. The van der Waals surface area contributed by atoms with Gasteiger partial charge in [0, 0.05) is 17.0 Å². The molecule has 1 heterocycles. The first-order valence-corrected chi connectivity index (χ1v) is 5.53. The molecule has 0 saturated heterocycles. The van der Waals surface area contributed by atoms with E-state index >= 15 is 0 Å². The number of nitrogens with zero attached hydrogens (tertiary/aromatic N) is 1. The first-order valence-electron chi connectivity index (χ1n) is 4.73. The Morgan fingerprint density at radius 2 is 2.19 bits per heavy atom. The van der Waals surface area contributed by atoms with E-state index in [1.54, 1.807) is 6.07 Å². The predicted molar refractivity (Wildman–Crippen MR) is 59.9 cm³/mol. The van der Waals surface area contributed by atoms with E-state index in [0.717, 1.165) is 0 Å². The number of hydrogen-bond donors (Lipinski definition) is 0. The Hall–Kier alpha value is -1.43. The fourth-order valence-corrected chi connectivity index (χ4v) is 2.06. The third kappa shape index (κ3) is 1.92. The molecule has 2 rings (SSSR count). The summed E-state index contributed by atoms with van der Waals surface area (Å²) in [4.78, 5) is 22.0. The number of nitro benzene ring substituents is 1. The van der Waals surface area contributed by atoms with Gasteiger partial charge in [0.1, 0.15) is 0 Å². The van der Waals surface area contributed by atoms with Crippen molar-refractivity contribution in [1.82, 2.24) is 0 Å². The van der Waals surface area contributed by atoms with Gasteiger partial charge in [-0.1, -0.05) is 15.9 Å². The van der Waals surface area contributed by atoms with Crippen molar-refractivity contribution in [3.8, 4) is 5.75 Å². The Kier molecular flexibility index (Phi) is 2.91. The van der Waals surface area contributed by atoms with Crippen molar-refractivity contribution in [1.29, 1.82) is 0 Å². The fraction of sp³-hybridized carbons (Fsp3) is 0.300. The van der Waals surface area contributed by atoms with E-state index in [9.17, 15) is 14.9 Å². The molecule has 1 aromatic rings. The lowest BCUT2D eigenvalue weighted by atomic mass is 10.1. The molecule has 0 bridgehead atoms. The van der Waals surface area contributed by atoms with Crippen LogP contribution in [0.4, 0.5) is 5.69 Å². The first-order chi connectivity index (χ1) is 7.59. The van der Waals surface area contributed by atoms with Crippen LogP contribution < -0.4 is 4.74 Å². The molecule has 0 aromatic heterocycles.